The van der Waals surface area contributed by atoms with Crippen LogP contribution in [-0.4, -0.2) is 28.8 Å². The number of hydrogen-bond acceptors (Lipinski definition) is 3. The van der Waals surface area contributed by atoms with Crippen LogP contribution in [0, 0.1) is 0 Å². The summed E-state index contributed by atoms with van der Waals surface area (Å²) in [6, 6.07) is 0. The Hall–Kier alpha value is -0.215. The Labute approximate surface area is 46.3 Å². The summed E-state index contributed by atoms with van der Waals surface area (Å²) < 4.78 is 0. The Morgan fingerprint density at radius 1 is 1.00 bits per heavy atom. The molecule has 0 heterocycles. The Kier molecular flexibility index (Phi) is 169. The van der Waals surface area contributed by atoms with E-state index in [1.807, 2.05) is 0 Å². The van der Waals surface area contributed by atoms with Crippen molar-refractivity contribution in [3.05, 3.63) is 0 Å². The molecule has 0 rings (SSSR count). The highest BCUT2D eigenvalue weighted by molar-refractivity contribution is 6.26. The summed E-state index contributed by atoms with van der Waals surface area (Å²) in [7, 11) is -2.67. The van der Waals surface area contributed by atoms with E-state index in [4.69, 9.17) is 15.1 Å². The third kappa shape index (κ3) is 2860. The van der Waals surface area contributed by atoms with Gasteiger partial charge in [0.1, 0.15) is 0 Å². The van der Waals surface area contributed by atoms with Gasteiger partial charge >= 0.3 is 0 Å². The second-order valence-corrected chi connectivity index (χ2v) is 0.307. The minimum atomic E-state index is -2.67. The van der Waals surface area contributed by atoms with Crippen molar-refractivity contribution in [3.8, 4) is 0 Å². The van der Waals surface area contributed by atoms with Crippen LogP contribution >= 0.6 is 0 Å². The van der Waals surface area contributed by atoms with Crippen LogP contribution in [0.15, 0.2) is 0 Å². The maximum Gasteiger partial charge on any atom is 0.0554 e. The molecule has 0 saturated heterocycles. The maximum absolute atomic E-state index is 8.53. The van der Waals surface area contributed by atoms with Crippen molar-refractivity contribution in [1.82, 2.24) is 6.15 Å². The lowest BCUT2D eigenvalue weighted by atomic mass is 10.3. The zero-order valence-corrected chi connectivity index (χ0v) is 4.34. The molecule has 8 heavy (non-hydrogen) atoms. The maximum atomic E-state index is 8.53. The van der Waals surface area contributed by atoms with Gasteiger partial charge in [-0.05, 0) is 0 Å². The highest BCUT2D eigenvalue weighted by atomic mass is 16.5. The molecule has 0 aromatic rings. The second kappa shape index (κ2) is 29.3. The first-order valence-electron chi connectivity index (χ1n) is 0.730. The lowest BCUT2D eigenvalue weighted by molar-refractivity contribution is -0.376. The standard InChI is InChI=1S/BHO3.H3N.3H2O/c2-1(3)4;;;;/h2H;1H3;3*1H2/q-2;;;;/p+1. The number of hydrogen-bond donors (Lipinski definition) is 2. The monoisotopic (exact) mass is 132 g/mol. The van der Waals surface area contributed by atoms with Crippen LogP contribution in [0.4, 0.5) is 0 Å². The minimum absolute atomic E-state index is 0. The third-order valence-electron chi connectivity index (χ3n) is 0. The predicted molar refractivity (Wildman–Crippen MR) is 24.8 cm³/mol. The van der Waals surface area contributed by atoms with Crippen molar-refractivity contribution < 1.29 is 31.5 Å². The highest BCUT2D eigenvalue weighted by Gasteiger charge is 1.44. The van der Waals surface area contributed by atoms with Gasteiger partial charge in [0.15, 0.2) is 0 Å². The third-order valence-corrected chi connectivity index (χ3v) is 0. The second-order valence-electron chi connectivity index (χ2n) is 0.307. The molecule has 56 valence electrons. The molecular formula is H11BNO6-. The first-order chi connectivity index (χ1) is 1.73. The first kappa shape index (κ1) is 46.2. The van der Waals surface area contributed by atoms with Crippen molar-refractivity contribution in [1.29, 1.82) is 0 Å². The molecule has 0 aliphatic heterocycles. The van der Waals surface area contributed by atoms with Crippen molar-refractivity contribution in [2.24, 2.45) is 0 Å². The van der Waals surface area contributed by atoms with E-state index in [-0.39, 0.29) is 22.6 Å². The van der Waals surface area contributed by atoms with Gasteiger partial charge in [-0.15, -0.1) is 0 Å². The van der Waals surface area contributed by atoms with Gasteiger partial charge in [0.25, 0.3) is 0 Å². The molecule has 8 heteroatoms. The topological polar surface area (TPSA) is 197 Å². The van der Waals surface area contributed by atoms with Gasteiger partial charge in [-0.3, -0.25) is 0 Å². The van der Waals surface area contributed by atoms with Crippen LogP contribution in [0.2, 0.25) is 0 Å². The summed E-state index contributed by atoms with van der Waals surface area (Å²) in [6.07, 6.45) is 0. The van der Waals surface area contributed by atoms with Gasteiger partial charge in [-0.2, -0.15) is 0 Å². The Bertz CT molecular complexity index is 13.2. The van der Waals surface area contributed by atoms with Crippen LogP contribution in [-0.2, 0) is 0 Å². The zero-order chi connectivity index (χ0) is 3.58. The van der Waals surface area contributed by atoms with Crippen LogP contribution in [0.25, 0.3) is 0 Å². The molecule has 0 atom stereocenters. The van der Waals surface area contributed by atoms with Gasteiger partial charge in [0.05, 0.1) is 7.32 Å². The molecule has 0 aromatic heterocycles. The van der Waals surface area contributed by atoms with E-state index in [1.165, 1.54) is 0 Å². The van der Waals surface area contributed by atoms with Crippen molar-refractivity contribution in [2.45, 2.75) is 0 Å². The van der Waals surface area contributed by atoms with Crippen LogP contribution in [0.5, 0.6) is 0 Å². The lowest BCUT2D eigenvalue weighted by Crippen LogP contribution is -2.44. The smallest absolute Gasteiger partial charge is 0.0554 e. The molecular weight excluding hydrogens is 121 g/mol. The molecule has 0 aliphatic rings. The van der Waals surface area contributed by atoms with Crippen molar-refractivity contribution in [3.63, 3.8) is 0 Å². The Morgan fingerprint density at radius 2 is 1.00 bits per heavy atom. The molecule has 0 amide bonds. The van der Waals surface area contributed by atoms with Gasteiger partial charge in [-0.25, -0.2) is 0 Å². The van der Waals surface area contributed by atoms with Crippen LogP contribution in [0.1, 0.15) is 0 Å². The average Bonchev–Trinajstić information content (AvgIpc) is 0.811. The number of rotatable bonds is 0. The lowest BCUT2D eigenvalue weighted by Gasteiger charge is -2.13. The van der Waals surface area contributed by atoms with Gasteiger partial charge in [-0.1, -0.05) is 0 Å². The molecule has 0 bridgehead atoms. The van der Waals surface area contributed by atoms with E-state index in [1.54, 1.807) is 0 Å². The Balaban J connectivity index is -0.00000000750. The van der Waals surface area contributed by atoms with E-state index in [0.717, 1.165) is 0 Å². The quantitative estimate of drug-likeness (QED) is 0.310. The van der Waals surface area contributed by atoms with E-state index in [9.17, 15) is 0 Å². The van der Waals surface area contributed by atoms with E-state index in [2.05, 4.69) is 0 Å². The minimum Gasteiger partial charge on any atom is -0.871 e. The van der Waals surface area contributed by atoms with E-state index in [0.29, 0.717) is 0 Å². The van der Waals surface area contributed by atoms with Crippen LogP contribution in [0.3, 0.4) is 0 Å². The van der Waals surface area contributed by atoms with Crippen molar-refractivity contribution in [2.75, 3.05) is 0 Å². The fourth-order valence-electron chi connectivity index (χ4n) is 0. The molecule has 7 nitrogen and oxygen atoms in total. The normalized spacial score (nSPS) is 3.38. The van der Waals surface area contributed by atoms with E-state index < -0.39 is 7.32 Å². The molecule has 11 N–H and O–H groups in total. The fraction of sp³-hybridized carbons (Fsp3) is 0. The molecule has 0 radical (unpaired) electrons. The van der Waals surface area contributed by atoms with Crippen molar-refractivity contribution >= 4 is 7.32 Å². The van der Waals surface area contributed by atoms with Gasteiger partial charge in [0, 0.05) is 0 Å². The summed E-state index contributed by atoms with van der Waals surface area (Å²) in [5.74, 6) is 0. The molecule has 0 aromatic carbocycles. The average molecular weight is 132 g/mol. The molecule has 0 unspecified atom stereocenters. The summed E-state index contributed by atoms with van der Waals surface area (Å²) in [5.41, 5.74) is 0. The first-order valence-corrected chi connectivity index (χ1v) is 0.730. The van der Waals surface area contributed by atoms with Crippen LogP contribution < -0.4 is 16.2 Å². The van der Waals surface area contributed by atoms with Gasteiger partial charge in [0.2, 0.25) is 0 Å². The van der Waals surface area contributed by atoms with E-state index >= 15 is 0 Å². The van der Waals surface area contributed by atoms with Gasteiger partial charge < -0.3 is 37.7 Å². The molecule has 0 saturated carbocycles. The fourth-order valence-corrected chi connectivity index (χ4v) is 0. The zero-order valence-electron chi connectivity index (χ0n) is 4.34. The highest BCUT2D eigenvalue weighted by Crippen LogP contribution is 1.16. The summed E-state index contributed by atoms with van der Waals surface area (Å²) in [4.78, 5) is 0. The summed E-state index contributed by atoms with van der Waals surface area (Å²) >= 11 is 0. The summed E-state index contributed by atoms with van der Waals surface area (Å²) in [5, 5.41) is 24.0. The predicted octanol–water partition coefficient (Wildman–Crippen LogP) is -5.41. The molecule has 0 fully saturated rings. The Morgan fingerprint density at radius 3 is 1.00 bits per heavy atom. The summed E-state index contributed by atoms with van der Waals surface area (Å²) in [6.45, 7) is 0. The molecule has 0 aliphatic carbocycles. The largest absolute Gasteiger partial charge is 0.871 e. The molecule has 0 spiro atoms. The number of quaternary nitrogens is 1. The SMILES string of the molecule is O.O.O.[NH4+].[O-]B([O-])O.